The van der Waals surface area contributed by atoms with Gasteiger partial charge in [0.05, 0.1) is 28.8 Å². The molecule has 0 saturated heterocycles. The largest absolute Gasteiger partial charge is 0.490 e. The van der Waals surface area contributed by atoms with E-state index in [2.05, 4.69) is 5.32 Å². The summed E-state index contributed by atoms with van der Waals surface area (Å²) in [7, 11) is 1.31. The van der Waals surface area contributed by atoms with Gasteiger partial charge in [-0.1, -0.05) is 6.07 Å². The lowest BCUT2D eigenvalue weighted by molar-refractivity contribution is -0.385. The van der Waals surface area contributed by atoms with Crippen LogP contribution in [0.3, 0.4) is 0 Å². The molecule has 1 aromatic carbocycles. The molecule has 0 aliphatic carbocycles. The van der Waals surface area contributed by atoms with Crippen LogP contribution in [0.5, 0.6) is 5.75 Å². The molecule has 2 aromatic heterocycles. The highest BCUT2D eigenvalue weighted by Gasteiger charge is 2.26. The Bertz CT molecular complexity index is 1100. The standard InChI is InChI=1S/C20H19N3O5/c1-4-21-20(25)17-12(2)18(22-10-6-5-7-15(17)22)19(24)13-8-9-14(23(26)27)16(11-13)28-3/h5-11H,4H2,1-3H3,(H,21,25). The zero-order valence-electron chi connectivity index (χ0n) is 15.7. The van der Waals surface area contributed by atoms with Crippen LogP contribution < -0.4 is 10.1 Å². The van der Waals surface area contributed by atoms with Gasteiger partial charge in [-0.25, -0.2) is 0 Å². The number of fused-ring (bicyclic) bond motifs is 1. The Morgan fingerprint density at radius 2 is 2.00 bits per heavy atom. The first kappa shape index (κ1) is 19.1. The molecule has 0 atom stereocenters. The van der Waals surface area contributed by atoms with Gasteiger partial charge in [-0.05, 0) is 43.7 Å². The number of hydrogen-bond donors (Lipinski definition) is 1. The summed E-state index contributed by atoms with van der Waals surface area (Å²) in [5.74, 6) is -0.621. The number of aromatic nitrogens is 1. The molecule has 8 nitrogen and oxygen atoms in total. The summed E-state index contributed by atoms with van der Waals surface area (Å²) in [6, 6.07) is 9.29. The maximum Gasteiger partial charge on any atom is 0.310 e. The molecule has 0 bridgehead atoms. The SMILES string of the molecule is CCNC(=O)c1c(C)c(C(=O)c2ccc([N+](=O)[O-])c(OC)c2)n2ccccc12. The zero-order chi connectivity index (χ0) is 20.4. The van der Waals surface area contributed by atoms with Gasteiger partial charge in [0, 0.05) is 24.4 Å². The summed E-state index contributed by atoms with van der Waals surface area (Å²) in [4.78, 5) is 36.3. The molecule has 0 unspecified atom stereocenters. The van der Waals surface area contributed by atoms with Gasteiger partial charge in [-0.15, -0.1) is 0 Å². The second kappa shape index (κ2) is 7.51. The van der Waals surface area contributed by atoms with E-state index in [1.165, 1.54) is 25.3 Å². The van der Waals surface area contributed by atoms with Crippen LogP contribution in [-0.2, 0) is 0 Å². The first-order chi connectivity index (χ1) is 13.4. The molecule has 0 fully saturated rings. The van der Waals surface area contributed by atoms with E-state index in [0.29, 0.717) is 28.9 Å². The van der Waals surface area contributed by atoms with Crippen LogP contribution in [0.15, 0.2) is 42.6 Å². The van der Waals surface area contributed by atoms with Gasteiger partial charge in [-0.2, -0.15) is 0 Å². The van der Waals surface area contributed by atoms with E-state index in [-0.39, 0.29) is 28.7 Å². The molecule has 28 heavy (non-hydrogen) atoms. The summed E-state index contributed by atoms with van der Waals surface area (Å²) in [6.45, 7) is 4.00. The van der Waals surface area contributed by atoms with E-state index in [1.807, 2.05) is 6.92 Å². The molecule has 0 saturated carbocycles. The van der Waals surface area contributed by atoms with E-state index in [0.717, 1.165) is 0 Å². The Balaban J connectivity index is 2.19. The average Bonchev–Trinajstić information content (AvgIpc) is 2.98. The van der Waals surface area contributed by atoms with Crippen molar-refractivity contribution < 1.29 is 19.2 Å². The Hall–Kier alpha value is -3.68. The van der Waals surface area contributed by atoms with Crippen LogP contribution in [-0.4, -0.2) is 34.7 Å². The molecule has 144 valence electrons. The predicted molar refractivity (Wildman–Crippen MR) is 103 cm³/mol. The molecule has 0 aliphatic heterocycles. The fourth-order valence-electron chi connectivity index (χ4n) is 3.25. The van der Waals surface area contributed by atoms with Gasteiger partial charge < -0.3 is 14.5 Å². The van der Waals surface area contributed by atoms with Crippen molar-refractivity contribution in [1.82, 2.24) is 9.72 Å². The number of ether oxygens (including phenoxy) is 1. The highest BCUT2D eigenvalue weighted by atomic mass is 16.6. The van der Waals surface area contributed by atoms with Crippen LogP contribution in [0.2, 0.25) is 0 Å². The molecule has 0 aliphatic rings. The number of nitro benzene ring substituents is 1. The van der Waals surface area contributed by atoms with E-state index in [9.17, 15) is 19.7 Å². The number of carbonyl (C=O) groups excluding carboxylic acids is 2. The topological polar surface area (TPSA) is 103 Å². The minimum atomic E-state index is -0.571. The predicted octanol–water partition coefficient (Wildman–Crippen LogP) is 3.15. The second-order valence-electron chi connectivity index (χ2n) is 6.14. The minimum Gasteiger partial charge on any atom is -0.490 e. The molecule has 1 N–H and O–H groups in total. The number of hydrogen-bond acceptors (Lipinski definition) is 5. The van der Waals surface area contributed by atoms with Crippen LogP contribution in [0, 0.1) is 17.0 Å². The van der Waals surface area contributed by atoms with Crippen molar-refractivity contribution in [3.05, 3.63) is 75.1 Å². The number of nitro groups is 1. The third kappa shape index (κ3) is 3.09. The third-order valence-electron chi connectivity index (χ3n) is 4.51. The number of ketones is 1. The van der Waals surface area contributed by atoms with Gasteiger partial charge >= 0.3 is 5.69 Å². The molecule has 0 spiro atoms. The van der Waals surface area contributed by atoms with Gasteiger partial charge in [-0.3, -0.25) is 19.7 Å². The molecule has 3 aromatic rings. The van der Waals surface area contributed by atoms with Gasteiger partial charge in [0.15, 0.2) is 5.75 Å². The molecular formula is C20H19N3O5. The summed E-state index contributed by atoms with van der Waals surface area (Å²) in [5.41, 5.74) is 1.92. The monoisotopic (exact) mass is 381 g/mol. The Kier molecular flexibility index (Phi) is 5.12. The van der Waals surface area contributed by atoms with Crippen LogP contribution in [0.1, 0.15) is 38.9 Å². The average molecular weight is 381 g/mol. The molecule has 1 amide bonds. The number of pyridine rings is 1. The van der Waals surface area contributed by atoms with E-state index < -0.39 is 4.92 Å². The van der Waals surface area contributed by atoms with Crippen molar-refractivity contribution in [2.24, 2.45) is 0 Å². The number of nitrogens with one attached hydrogen (secondary N) is 1. The van der Waals surface area contributed by atoms with Crippen LogP contribution in [0.4, 0.5) is 5.69 Å². The van der Waals surface area contributed by atoms with Crippen molar-refractivity contribution in [2.45, 2.75) is 13.8 Å². The number of nitrogens with zero attached hydrogens (tertiary/aromatic N) is 2. The number of carbonyl (C=O) groups is 2. The highest BCUT2D eigenvalue weighted by molar-refractivity contribution is 6.14. The van der Waals surface area contributed by atoms with Crippen molar-refractivity contribution in [1.29, 1.82) is 0 Å². The lowest BCUT2D eigenvalue weighted by Crippen LogP contribution is -2.23. The van der Waals surface area contributed by atoms with Crippen molar-refractivity contribution in [2.75, 3.05) is 13.7 Å². The lowest BCUT2D eigenvalue weighted by atomic mass is 10.0. The van der Waals surface area contributed by atoms with Crippen molar-refractivity contribution in [3.8, 4) is 5.75 Å². The molecule has 3 rings (SSSR count). The quantitative estimate of drug-likeness (QED) is 0.401. The molecule has 2 heterocycles. The van der Waals surface area contributed by atoms with Crippen LogP contribution in [0.25, 0.3) is 5.52 Å². The number of amides is 1. The maximum absolute atomic E-state index is 13.2. The fraction of sp³-hybridized carbons (Fsp3) is 0.200. The highest BCUT2D eigenvalue weighted by Crippen LogP contribution is 2.30. The third-order valence-corrected chi connectivity index (χ3v) is 4.51. The Morgan fingerprint density at radius 3 is 2.64 bits per heavy atom. The molecular weight excluding hydrogens is 362 g/mol. The number of benzene rings is 1. The Morgan fingerprint density at radius 1 is 1.25 bits per heavy atom. The summed E-state index contributed by atoms with van der Waals surface area (Å²) in [6.07, 6.45) is 1.71. The molecule has 8 heteroatoms. The first-order valence-corrected chi connectivity index (χ1v) is 8.65. The van der Waals surface area contributed by atoms with Gasteiger partial charge in [0.2, 0.25) is 5.78 Å². The smallest absolute Gasteiger partial charge is 0.310 e. The lowest BCUT2D eigenvalue weighted by Gasteiger charge is -2.07. The first-order valence-electron chi connectivity index (χ1n) is 8.65. The van der Waals surface area contributed by atoms with Crippen LogP contribution >= 0.6 is 0 Å². The summed E-state index contributed by atoms with van der Waals surface area (Å²) in [5, 5.41) is 13.9. The van der Waals surface area contributed by atoms with Gasteiger partial charge in [0.1, 0.15) is 0 Å². The maximum atomic E-state index is 13.2. The zero-order valence-corrected chi connectivity index (χ0v) is 15.7. The van der Waals surface area contributed by atoms with E-state index >= 15 is 0 Å². The second-order valence-corrected chi connectivity index (χ2v) is 6.14. The van der Waals surface area contributed by atoms with E-state index in [1.54, 1.807) is 35.7 Å². The fourth-order valence-corrected chi connectivity index (χ4v) is 3.25. The van der Waals surface area contributed by atoms with Crippen molar-refractivity contribution in [3.63, 3.8) is 0 Å². The summed E-state index contributed by atoms with van der Waals surface area (Å²) >= 11 is 0. The van der Waals surface area contributed by atoms with Crippen molar-refractivity contribution >= 4 is 22.9 Å². The number of methoxy groups -OCH3 is 1. The Labute approximate surface area is 160 Å². The number of rotatable bonds is 6. The normalized spacial score (nSPS) is 10.7. The van der Waals surface area contributed by atoms with E-state index in [4.69, 9.17) is 4.74 Å². The summed E-state index contributed by atoms with van der Waals surface area (Å²) < 4.78 is 6.72. The molecule has 0 radical (unpaired) electrons. The van der Waals surface area contributed by atoms with Gasteiger partial charge in [0.25, 0.3) is 5.91 Å². The minimum absolute atomic E-state index is 0.00156.